The van der Waals surface area contributed by atoms with E-state index in [1.165, 1.54) is 0 Å². The maximum atomic E-state index is 12.6. The second kappa shape index (κ2) is 10.8. The van der Waals surface area contributed by atoms with E-state index in [2.05, 4.69) is 10.6 Å². The lowest BCUT2D eigenvalue weighted by atomic mass is 10.1. The fraction of sp³-hybridized carbons (Fsp3) is 0.160. The minimum Gasteiger partial charge on any atom is -0.497 e. The fourth-order valence-corrected chi connectivity index (χ4v) is 3.16. The van der Waals surface area contributed by atoms with E-state index in [1.54, 1.807) is 73.8 Å². The van der Waals surface area contributed by atoms with Crippen LogP contribution >= 0.6 is 0 Å². The number of hydrogen-bond acceptors (Lipinski definition) is 4. The highest BCUT2D eigenvalue weighted by atomic mass is 16.5. The molecule has 0 fully saturated rings. The van der Waals surface area contributed by atoms with Gasteiger partial charge in [-0.2, -0.15) is 0 Å². The van der Waals surface area contributed by atoms with Crippen molar-refractivity contribution in [3.8, 4) is 5.75 Å². The van der Waals surface area contributed by atoms with Crippen LogP contribution in [0.25, 0.3) is 0 Å². The Balaban J connectivity index is 1.59. The number of carboxylic acids is 1. The third kappa shape index (κ3) is 6.18. The van der Waals surface area contributed by atoms with E-state index >= 15 is 0 Å². The maximum absolute atomic E-state index is 12.6. The first-order chi connectivity index (χ1) is 15.5. The molecule has 7 heteroatoms. The van der Waals surface area contributed by atoms with E-state index in [4.69, 9.17) is 4.74 Å². The zero-order chi connectivity index (χ0) is 22.9. The van der Waals surface area contributed by atoms with Gasteiger partial charge in [0, 0.05) is 12.1 Å². The molecule has 0 unspecified atom stereocenters. The second-order valence-corrected chi connectivity index (χ2v) is 7.16. The lowest BCUT2D eigenvalue weighted by molar-refractivity contribution is -0.139. The number of carbonyl (C=O) groups excluding carboxylic acids is 2. The number of aliphatic carboxylic acids is 1. The molecule has 0 saturated carbocycles. The standard InChI is InChI=1S/C25H24N2O5/c1-32-21-12-10-17(11-13-21)15-22(28)26-16-18-6-5-9-20(14-18)24(29)27-23(25(30)31)19-7-3-2-4-8-19/h2-14,23H,15-16H2,1H3,(H,26,28)(H,27,29)(H,30,31)/t23-/m0/s1. The molecule has 3 aromatic carbocycles. The quantitative estimate of drug-likeness (QED) is 0.482. The summed E-state index contributed by atoms with van der Waals surface area (Å²) < 4.78 is 5.11. The highest BCUT2D eigenvalue weighted by Gasteiger charge is 2.22. The van der Waals surface area contributed by atoms with Crippen molar-refractivity contribution < 1.29 is 24.2 Å². The lowest BCUT2D eigenvalue weighted by Crippen LogP contribution is -2.33. The Hall–Kier alpha value is -4.13. The van der Waals surface area contributed by atoms with Crippen molar-refractivity contribution in [2.75, 3.05) is 7.11 Å². The van der Waals surface area contributed by atoms with Crippen LogP contribution < -0.4 is 15.4 Å². The second-order valence-electron chi connectivity index (χ2n) is 7.16. The summed E-state index contributed by atoms with van der Waals surface area (Å²) in [5.41, 5.74) is 2.38. The van der Waals surface area contributed by atoms with Crippen LogP contribution in [0.5, 0.6) is 5.75 Å². The minimum absolute atomic E-state index is 0.153. The highest BCUT2D eigenvalue weighted by molar-refractivity contribution is 5.97. The molecular weight excluding hydrogens is 408 g/mol. The Morgan fingerprint density at radius 2 is 1.62 bits per heavy atom. The Kier molecular flexibility index (Phi) is 7.59. The van der Waals surface area contributed by atoms with Crippen molar-refractivity contribution in [3.05, 3.63) is 101 Å². The van der Waals surface area contributed by atoms with Gasteiger partial charge in [0.2, 0.25) is 5.91 Å². The van der Waals surface area contributed by atoms with Gasteiger partial charge in [0.15, 0.2) is 6.04 Å². The number of amides is 2. The molecule has 0 aliphatic heterocycles. The first-order valence-electron chi connectivity index (χ1n) is 10.0. The van der Waals surface area contributed by atoms with Crippen LogP contribution in [0.2, 0.25) is 0 Å². The first-order valence-corrected chi connectivity index (χ1v) is 10.0. The molecule has 7 nitrogen and oxygen atoms in total. The van der Waals surface area contributed by atoms with Crippen molar-refractivity contribution >= 4 is 17.8 Å². The summed E-state index contributed by atoms with van der Waals surface area (Å²) in [5, 5.41) is 14.9. The van der Waals surface area contributed by atoms with Crippen LogP contribution in [-0.2, 0) is 22.6 Å². The van der Waals surface area contributed by atoms with Gasteiger partial charge in [-0.25, -0.2) is 4.79 Å². The fourth-order valence-electron chi connectivity index (χ4n) is 3.16. The van der Waals surface area contributed by atoms with Gasteiger partial charge in [-0.3, -0.25) is 9.59 Å². The van der Waals surface area contributed by atoms with Crippen LogP contribution in [0.3, 0.4) is 0 Å². The number of carboxylic acid groups (broad SMARTS) is 1. The predicted molar refractivity (Wildman–Crippen MR) is 119 cm³/mol. The predicted octanol–water partition coefficient (Wildman–Crippen LogP) is 3.11. The van der Waals surface area contributed by atoms with Crippen molar-refractivity contribution in [3.63, 3.8) is 0 Å². The molecule has 164 valence electrons. The number of rotatable bonds is 9. The Morgan fingerprint density at radius 3 is 2.28 bits per heavy atom. The molecule has 0 radical (unpaired) electrons. The molecule has 0 aliphatic carbocycles. The monoisotopic (exact) mass is 432 g/mol. The molecule has 0 bridgehead atoms. The molecule has 3 aromatic rings. The summed E-state index contributed by atoms with van der Waals surface area (Å²) in [6, 6.07) is 21.3. The topological polar surface area (TPSA) is 105 Å². The van der Waals surface area contributed by atoms with Gasteiger partial charge >= 0.3 is 5.97 Å². The number of methoxy groups -OCH3 is 1. The first kappa shape index (κ1) is 22.6. The van der Waals surface area contributed by atoms with Crippen LogP contribution in [-0.4, -0.2) is 30.0 Å². The van der Waals surface area contributed by atoms with E-state index < -0.39 is 17.9 Å². The molecule has 1 atom stereocenters. The number of carbonyl (C=O) groups is 3. The summed E-state index contributed by atoms with van der Waals surface area (Å²) in [5.74, 6) is -1.08. The molecule has 0 heterocycles. The lowest BCUT2D eigenvalue weighted by Gasteiger charge is -2.15. The largest absolute Gasteiger partial charge is 0.497 e. The minimum atomic E-state index is -1.16. The average molecular weight is 432 g/mol. The molecule has 0 aromatic heterocycles. The van der Waals surface area contributed by atoms with Gasteiger partial charge in [-0.15, -0.1) is 0 Å². The third-order valence-corrected chi connectivity index (χ3v) is 4.86. The van der Waals surface area contributed by atoms with E-state index in [9.17, 15) is 19.5 Å². The third-order valence-electron chi connectivity index (χ3n) is 4.86. The SMILES string of the molecule is COc1ccc(CC(=O)NCc2cccc(C(=O)N[C@H](C(=O)O)c3ccccc3)c2)cc1. The summed E-state index contributed by atoms with van der Waals surface area (Å²) in [6.45, 7) is 0.247. The van der Waals surface area contributed by atoms with Crippen LogP contribution in [0, 0.1) is 0 Å². The number of ether oxygens (including phenoxy) is 1. The van der Waals surface area contributed by atoms with E-state index in [1.807, 2.05) is 12.1 Å². The van der Waals surface area contributed by atoms with Gasteiger partial charge in [-0.05, 0) is 41.0 Å². The van der Waals surface area contributed by atoms with Gasteiger partial charge in [0.25, 0.3) is 5.91 Å². The van der Waals surface area contributed by atoms with Gasteiger partial charge in [0.1, 0.15) is 5.75 Å². The molecule has 2 amide bonds. The van der Waals surface area contributed by atoms with Crippen molar-refractivity contribution in [1.29, 1.82) is 0 Å². The van der Waals surface area contributed by atoms with E-state index in [0.29, 0.717) is 11.1 Å². The normalized spacial score (nSPS) is 11.3. The van der Waals surface area contributed by atoms with E-state index in [0.717, 1.165) is 16.9 Å². The Labute approximate surface area is 186 Å². The van der Waals surface area contributed by atoms with Crippen molar-refractivity contribution in [2.45, 2.75) is 19.0 Å². The van der Waals surface area contributed by atoms with Crippen LogP contribution in [0.4, 0.5) is 0 Å². The number of hydrogen-bond donors (Lipinski definition) is 3. The van der Waals surface area contributed by atoms with Gasteiger partial charge < -0.3 is 20.5 Å². The molecule has 3 N–H and O–H groups in total. The molecule has 0 saturated heterocycles. The Bertz CT molecular complexity index is 1080. The molecule has 0 spiro atoms. The summed E-state index contributed by atoms with van der Waals surface area (Å²) in [4.78, 5) is 36.5. The molecule has 0 aliphatic rings. The van der Waals surface area contributed by atoms with Gasteiger partial charge in [0.05, 0.1) is 13.5 Å². The van der Waals surface area contributed by atoms with Crippen LogP contribution in [0.1, 0.15) is 33.1 Å². The summed E-state index contributed by atoms with van der Waals surface area (Å²) in [7, 11) is 1.58. The molecular formula is C25H24N2O5. The Morgan fingerprint density at radius 1 is 0.906 bits per heavy atom. The zero-order valence-corrected chi connectivity index (χ0v) is 17.6. The van der Waals surface area contributed by atoms with Crippen LogP contribution in [0.15, 0.2) is 78.9 Å². The summed E-state index contributed by atoms with van der Waals surface area (Å²) >= 11 is 0. The number of nitrogens with one attached hydrogen (secondary N) is 2. The van der Waals surface area contributed by atoms with E-state index in [-0.39, 0.29) is 18.9 Å². The van der Waals surface area contributed by atoms with Gasteiger partial charge in [-0.1, -0.05) is 54.6 Å². The van der Waals surface area contributed by atoms with Crippen molar-refractivity contribution in [2.24, 2.45) is 0 Å². The zero-order valence-electron chi connectivity index (χ0n) is 17.6. The highest BCUT2D eigenvalue weighted by Crippen LogP contribution is 2.15. The molecule has 3 rings (SSSR count). The maximum Gasteiger partial charge on any atom is 0.330 e. The number of benzene rings is 3. The average Bonchev–Trinajstić information content (AvgIpc) is 2.82. The summed E-state index contributed by atoms with van der Waals surface area (Å²) in [6.07, 6.45) is 0.224. The van der Waals surface area contributed by atoms with Crippen molar-refractivity contribution in [1.82, 2.24) is 10.6 Å². The molecule has 32 heavy (non-hydrogen) atoms. The smallest absolute Gasteiger partial charge is 0.330 e.